The monoisotopic (exact) mass is 370 g/mol. The summed E-state index contributed by atoms with van der Waals surface area (Å²) in [6, 6.07) is 8.47. The van der Waals surface area contributed by atoms with Gasteiger partial charge in [0.05, 0.1) is 5.25 Å². The van der Waals surface area contributed by atoms with Crippen LogP contribution in [0.5, 0.6) is 0 Å². The van der Waals surface area contributed by atoms with E-state index in [0.29, 0.717) is 6.54 Å². The zero-order chi connectivity index (χ0) is 18.9. The molecule has 1 unspecified atom stereocenters. The number of hydrogen-bond donors (Lipinski definition) is 0. The molecule has 1 aromatic carbocycles. The summed E-state index contributed by atoms with van der Waals surface area (Å²) in [5.41, 5.74) is 2.42. The summed E-state index contributed by atoms with van der Waals surface area (Å²) in [4.78, 5) is 14.0. The third-order valence-electron chi connectivity index (χ3n) is 4.66. The number of rotatable bonds is 5. The van der Waals surface area contributed by atoms with E-state index >= 15 is 0 Å². The number of benzene rings is 1. The standard InChI is InChI=1S/C20H26N4OS/c1-6-12-24-17(14-7-9-15(10-8-14)20(2,3)4)21-22-19(24)26-16-11-13-23(5)18(16)25/h6-10,16H,1,11-13H2,2-5H3. The zero-order valence-corrected chi connectivity index (χ0v) is 16.7. The van der Waals surface area contributed by atoms with Crippen LogP contribution >= 0.6 is 11.8 Å². The highest BCUT2D eigenvalue weighted by molar-refractivity contribution is 8.00. The lowest BCUT2D eigenvalue weighted by atomic mass is 9.87. The molecule has 0 saturated carbocycles. The minimum Gasteiger partial charge on any atom is -0.345 e. The van der Waals surface area contributed by atoms with Gasteiger partial charge in [-0.15, -0.1) is 16.8 Å². The number of amides is 1. The van der Waals surface area contributed by atoms with Crippen molar-refractivity contribution in [3.8, 4) is 11.4 Å². The number of nitrogens with zero attached hydrogens (tertiary/aromatic N) is 4. The lowest BCUT2D eigenvalue weighted by molar-refractivity contribution is -0.126. The van der Waals surface area contributed by atoms with Crippen molar-refractivity contribution < 1.29 is 4.79 Å². The minimum atomic E-state index is -0.0797. The van der Waals surface area contributed by atoms with Crippen LogP contribution in [-0.2, 0) is 16.8 Å². The number of thioether (sulfide) groups is 1. The molecule has 6 heteroatoms. The van der Waals surface area contributed by atoms with E-state index in [0.717, 1.165) is 29.5 Å². The van der Waals surface area contributed by atoms with Crippen LogP contribution < -0.4 is 0 Å². The summed E-state index contributed by atoms with van der Waals surface area (Å²) in [5, 5.41) is 9.46. The molecule has 1 aliphatic rings. The molecule has 1 saturated heterocycles. The molecule has 5 nitrogen and oxygen atoms in total. The molecule has 138 valence electrons. The molecule has 0 spiro atoms. The van der Waals surface area contributed by atoms with Gasteiger partial charge in [0.25, 0.3) is 0 Å². The fraction of sp³-hybridized carbons (Fsp3) is 0.450. The van der Waals surface area contributed by atoms with E-state index in [1.807, 2.05) is 17.7 Å². The Morgan fingerprint density at radius 2 is 1.96 bits per heavy atom. The molecule has 26 heavy (non-hydrogen) atoms. The van der Waals surface area contributed by atoms with Crippen LogP contribution in [0.3, 0.4) is 0 Å². The van der Waals surface area contributed by atoms with Crippen molar-refractivity contribution in [3.05, 3.63) is 42.5 Å². The van der Waals surface area contributed by atoms with Gasteiger partial charge < -0.3 is 4.90 Å². The summed E-state index contributed by atoms with van der Waals surface area (Å²) < 4.78 is 2.04. The topological polar surface area (TPSA) is 51.0 Å². The van der Waals surface area contributed by atoms with Gasteiger partial charge in [0.2, 0.25) is 5.91 Å². The summed E-state index contributed by atoms with van der Waals surface area (Å²) >= 11 is 1.50. The van der Waals surface area contributed by atoms with Crippen LogP contribution in [0.15, 0.2) is 42.1 Å². The second kappa shape index (κ2) is 7.27. The molecule has 1 aliphatic heterocycles. The Morgan fingerprint density at radius 3 is 2.50 bits per heavy atom. The van der Waals surface area contributed by atoms with E-state index in [1.54, 1.807) is 4.90 Å². The summed E-state index contributed by atoms with van der Waals surface area (Å²) in [5.74, 6) is 0.978. The van der Waals surface area contributed by atoms with Gasteiger partial charge in [-0.1, -0.05) is 62.9 Å². The molecule has 1 amide bonds. The molecular weight excluding hydrogens is 344 g/mol. The third-order valence-corrected chi connectivity index (χ3v) is 5.90. The Bertz CT molecular complexity index is 804. The highest BCUT2D eigenvalue weighted by Gasteiger charge is 2.31. The van der Waals surface area contributed by atoms with Crippen LogP contribution in [0.1, 0.15) is 32.8 Å². The molecule has 1 aromatic heterocycles. The first-order valence-corrected chi connectivity index (χ1v) is 9.76. The van der Waals surface area contributed by atoms with E-state index in [1.165, 1.54) is 17.3 Å². The van der Waals surface area contributed by atoms with Crippen LogP contribution in [0.2, 0.25) is 0 Å². The second-order valence-electron chi connectivity index (χ2n) is 7.69. The molecule has 0 radical (unpaired) electrons. The van der Waals surface area contributed by atoms with Crippen molar-refractivity contribution in [2.75, 3.05) is 13.6 Å². The highest BCUT2D eigenvalue weighted by atomic mass is 32.2. The third kappa shape index (κ3) is 3.70. The second-order valence-corrected chi connectivity index (χ2v) is 8.86. The number of aromatic nitrogens is 3. The molecule has 1 atom stereocenters. The van der Waals surface area contributed by atoms with Crippen LogP contribution in [0, 0.1) is 0 Å². The van der Waals surface area contributed by atoms with E-state index in [2.05, 4.69) is 61.8 Å². The minimum absolute atomic E-state index is 0.0797. The van der Waals surface area contributed by atoms with Gasteiger partial charge in [0.1, 0.15) is 0 Å². The van der Waals surface area contributed by atoms with Crippen molar-refractivity contribution in [2.24, 2.45) is 0 Å². The molecule has 0 N–H and O–H groups in total. The van der Waals surface area contributed by atoms with Gasteiger partial charge in [0, 0.05) is 25.7 Å². The van der Waals surface area contributed by atoms with Crippen LogP contribution in [0.25, 0.3) is 11.4 Å². The van der Waals surface area contributed by atoms with Gasteiger partial charge in [-0.25, -0.2) is 0 Å². The Kier molecular flexibility index (Phi) is 5.23. The predicted molar refractivity (Wildman–Crippen MR) is 106 cm³/mol. The van der Waals surface area contributed by atoms with Gasteiger partial charge in [-0.05, 0) is 17.4 Å². The number of hydrogen-bond acceptors (Lipinski definition) is 4. The quantitative estimate of drug-likeness (QED) is 0.752. The number of likely N-dealkylation sites (tertiary alicyclic amines) is 1. The number of carbonyl (C=O) groups excluding carboxylic acids is 1. The smallest absolute Gasteiger partial charge is 0.235 e. The lowest BCUT2D eigenvalue weighted by Crippen LogP contribution is -2.24. The largest absolute Gasteiger partial charge is 0.345 e. The lowest BCUT2D eigenvalue weighted by Gasteiger charge is -2.19. The average molecular weight is 371 g/mol. The fourth-order valence-electron chi connectivity index (χ4n) is 3.03. The van der Waals surface area contributed by atoms with E-state index in [-0.39, 0.29) is 16.6 Å². The maximum absolute atomic E-state index is 12.2. The first-order chi connectivity index (χ1) is 12.3. The van der Waals surface area contributed by atoms with Crippen molar-refractivity contribution in [1.29, 1.82) is 0 Å². The summed E-state index contributed by atoms with van der Waals surface area (Å²) in [7, 11) is 1.85. The van der Waals surface area contributed by atoms with Gasteiger partial charge in [-0.2, -0.15) is 0 Å². The average Bonchev–Trinajstić information content (AvgIpc) is 3.13. The Balaban J connectivity index is 1.90. The van der Waals surface area contributed by atoms with Crippen LogP contribution in [0.4, 0.5) is 0 Å². The normalized spacial score (nSPS) is 17.8. The summed E-state index contributed by atoms with van der Waals surface area (Å²) in [6.07, 6.45) is 2.68. The van der Waals surface area contributed by atoms with Crippen molar-refractivity contribution in [1.82, 2.24) is 19.7 Å². The van der Waals surface area contributed by atoms with E-state index < -0.39 is 0 Å². The van der Waals surface area contributed by atoms with Crippen molar-refractivity contribution >= 4 is 17.7 Å². The van der Waals surface area contributed by atoms with Gasteiger partial charge in [0.15, 0.2) is 11.0 Å². The summed E-state index contributed by atoms with van der Waals surface area (Å²) in [6.45, 7) is 11.9. The predicted octanol–water partition coefficient (Wildman–Crippen LogP) is 3.75. The molecular formula is C20H26N4OS. The van der Waals surface area contributed by atoms with E-state index in [4.69, 9.17) is 0 Å². The molecule has 2 heterocycles. The van der Waals surface area contributed by atoms with Gasteiger partial charge >= 0.3 is 0 Å². The van der Waals surface area contributed by atoms with Crippen molar-refractivity contribution in [3.63, 3.8) is 0 Å². The maximum atomic E-state index is 12.2. The van der Waals surface area contributed by atoms with Crippen molar-refractivity contribution in [2.45, 2.75) is 49.6 Å². The van der Waals surface area contributed by atoms with Gasteiger partial charge in [-0.3, -0.25) is 9.36 Å². The maximum Gasteiger partial charge on any atom is 0.235 e. The van der Waals surface area contributed by atoms with E-state index in [9.17, 15) is 4.79 Å². The highest BCUT2D eigenvalue weighted by Crippen LogP contribution is 2.32. The van der Waals surface area contributed by atoms with Crippen LogP contribution in [-0.4, -0.2) is 44.4 Å². The first-order valence-electron chi connectivity index (χ1n) is 8.88. The Hall–Kier alpha value is -2.08. The molecule has 3 rings (SSSR count). The zero-order valence-electron chi connectivity index (χ0n) is 15.9. The number of carbonyl (C=O) groups is 1. The first kappa shape index (κ1) is 18.7. The SMILES string of the molecule is C=CCn1c(SC2CCN(C)C2=O)nnc1-c1ccc(C(C)(C)C)cc1. The Labute approximate surface area is 159 Å². The Morgan fingerprint density at radius 1 is 1.27 bits per heavy atom. The molecule has 2 aromatic rings. The fourth-order valence-corrected chi connectivity index (χ4v) is 4.16. The molecule has 0 bridgehead atoms. The molecule has 0 aliphatic carbocycles. The molecule has 1 fully saturated rings. The number of allylic oxidation sites excluding steroid dienone is 1.